The van der Waals surface area contributed by atoms with Gasteiger partial charge in [-0.1, -0.05) is 68.7 Å². The van der Waals surface area contributed by atoms with Crippen LogP contribution in [0, 0.1) is 16.2 Å². The van der Waals surface area contributed by atoms with Crippen LogP contribution >= 0.6 is 7.60 Å². The first-order valence-electron chi connectivity index (χ1n) is 8.68. The Morgan fingerprint density at radius 2 is 1.00 bits per heavy atom. The summed E-state index contributed by atoms with van der Waals surface area (Å²) in [5.74, 6) is 0. The van der Waals surface area contributed by atoms with Crippen LogP contribution in [-0.2, 0) is 13.6 Å². The summed E-state index contributed by atoms with van der Waals surface area (Å²) in [6, 6.07) is 0. The molecule has 0 spiro atoms. The third-order valence-electron chi connectivity index (χ3n) is 4.80. The Labute approximate surface area is 139 Å². The monoisotopic (exact) mass is 334 g/mol. The standard InChI is InChI=1S/C18H39O3P/c1-10-16(4,5)13-20-22(19,15-18(8,9)12-3)21-14-17(6,7)11-2/h10-15H2,1-9H3. The Morgan fingerprint density at radius 3 is 1.27 bits per heavy atom. The summed E-state index contributed by atoms with van der Waals surface area (Å²) in [4.78, 5) is 0. The fraction of sp³-hybridized carbons (Fsp3) is 1.00. The van der Waals surface area contributed by atoms with E-state index >= 15 is 0 Å². The minimum Gasteiger partial charge on any atom is -0.308 e. The molecule has 0 rings (SSSR count). The van der Waals surface area contributed by atoms with Gasteiger partial charge in [0.2, 0.25) is 0 Å². The molecule has 0 fully saturated rings. The predicted octanol–water partition coefficient (Wildman–Crippen LogP) is 6.52. The van der Waals surface area contributed by atoms with Crippen molar-refractivity contribution >= 4 is 7.60 Å². The van der Waals surface area contributed by atoms with E-state index in [0.29, 0.717) is 19.4 Å². The SMILES string of the molecule is CCC(C)(C)COP(=O)(CC(C)(C)CC)OCC(C)(C)CC. The first-order valence-corrected chi connectivity index (χ1v) is 10.4. The van der Waals surface area contributed by atoms with Crippen LogP contribution in [0.2, 0.25) is 0 Å². The van der Waals surface area contributed by atoms with Gasteiger partial charge in [-0.25, -0.2) is 0 Å². The summed E-state index contributed by atoms with van der Waals surface area (Å²) in [7, 11) is -3.08. The zero-order valence-electron chi connectivity index (χ0n) is 16.4. The van der Waals surface area contributed by atoms with Crippen molar-refractivity contribution in [2.75, 3.05) is 19.4 Å². The van der Waals surface area contributed by atoms with Crippen LogP contribution in [0.4, 0.5) is 0 Å². The van der Waals surface area contributed by atoms with Crippen LogP contribution in [-0.4, -0.2) is 19.4 Å². The molecule has 0 amide bonds. The van der Waals surface area contributed by atoms with Crippen LogP contribution in [0.3, 0.4) is 0 Å². The lowest BCUT2D eigenvalue weighted by molar-refractivity contribution is 0.104. The molecule has 0 aliphatic rings. The Hall–Kier alpha value is 0.150. The van der Waals surface area contributed by atoms with Gasteiger partial charge in [-0.2, -0.15) is 0 Å². The summed E-state index contributed by atoms with van der Waals surface area (Å²) in [6.45, 7) is 20.1. The zero-order valence-corrected chi connectivity index (χ0v) is 17.3. The predicted molar refractivity (Wildman–Crippen MR) is 96.6 cm³/mol. The van der Waals surface area contributed by atoms with Crippen LogP contribution in [0.1, 0.15) is 81.6 Å². The van der Waals surface area contributed by atoms with Gasteiger partial charge in [-0.05, 0) is 29.1 Å². The minimum atomic E-state index is -3.08. The van der Waals surface area contributed by atoms with Crippen molar-refractivity contribution in [1.82, 2.24) is 0 Å². The Bertz CT molecular complexity index is 349. The van der Waals surface area contributed by atoms with Gasteiger partial charge in [-0.3, -0.25) is 4.57 Å². The molecule has 0 heterocycles. The quantitative estimate of drug-likeness (QED) is 0.403. The van der Waals surface area contributed by atoms with Crippen LogP contribution in [0.15, 0.2) is 0 Å². The molecule has 0 aromatic carbocycles. The maximum atomic E-state index is 13.3. The van der Waals surface area contributed by atoms with Gasteiger partial charge >= 0.3 is 7.60 Å². The number of rotatable bonds is 11. The van der Waals surface area contributed by atoms with E-state index in [1.54, 1.807) is 0 Å². The van der Waals surface area contributed by atoms with Gasteiger partial charge < -0.3 is 9.05 Å². The van der Waals surface area contributed by atoms with Gasteiger partial charge in [0, 0.05) is 0 Å². The topological polar surface area (TPSA) is 35.5 Å². The first-order chi connectivity index (χ1) is 9.80. The highest BCUT2D eigenvalue weighted by atomic mass is 31.2. The second kappa shape index (κ2) is 8.31. The zero-order chi connectivity index (χ0) is 17.7. The largest absolute Gasteiger partial charge is 0.331 e. The van der Waals surface area contributed by atoms with Crippen molar-refractivity contribution in [3.05, 3.63) is 0 Å². The molecule has 0 radical (unpaired) electrons. The van der Waals surface area contributed by atoms with Crippen molar-refractivity contribution in [2.24, 2.45) is 16.2 Å². The maximum absolute atomic E-state index is 13.3. The average molecular weight is 334 g/mol. The van der Waals surface area contributed by atoms with E-state index in [4.69, 9.17) is 9.05 Å². The Kier molecular flexibility index (Phi) is 8.36. The fourth-order valence-corrected chi connectivity index (χ4v) is 4.14. The average Bonchev–Trinajstić information content (AvgIpc) is 2.43. The molecule has 0 saturated carbocycles. The van der Waals surface area contributed by atoms with Gasteiger partial charge in [0.05, 0.1) is 19.4 Å². The summed E-state index contributed by atoms with van der Waals surface area (Å²) >= 11 is 0. The highest BCUT2D eigenvalue weighted by molar-refractivity contribution is 7.53. The van der Waals surface area contributed by atoms with Crippen molar-refractivity contribution in [3.63, 3.8) is 0 Å². The minimum absolute atomic E-state index is 0.0235. The molecular weight excluding hydrogens is 295 g/mol. The molecule has 0 aliphatic carbocycles. The van der Waals surface area contributed by atoms with Crippen LogP contribution in [0.5, 0.6) is 0 Å². The highest BCUT2D eigenvalue weighted by Crippen LogP contribution is 2.55. The molecule has 134 valence electrons. The normalized spacial score (nSPS) is 14.4. The lowest BCUT2D eigenvalue weighted by atomic mass is 9.92. The highest BCUT2D eigenvalue weighted by Gasteiger charge is 2.36. The summed E-state index contributed by atoms with van der Waals surface area (Å²) in [5.41, 5.74) is 0.00749. The van der Waals surface area contributed by atoms with E-state index < -0.39 is 7.60 Å². The van der Waals surface area contributed by atoms with E-state index in [9.17, 15) is 4.57 Å². The number of hydrogen-bond donors (Lipinski definition) is 0. The van der Waals surface area contributed by atoms with E-state index in [-0.39, 0.29) is 16.2 Å². The van der Waals surface area contributed by atoms with Crippen LogP contribution < -0.4 is 0 Å². The van der Waals surface area contributed by atoms with E-state index in [1.807, 2.05) is 0 Å². The molecular formula is C18H39O3P. The summed E-state index contributed by atoms with van der Waals surface area (Å²) < 4.78 is 25.1. The molecule has 0 bridgehead atoms. The van der Waals surface area contributed by atoms with Gasteiger partial charge in [0.15, 0.2) is 0 Å². The molecule has 3 nitrogen and oxygen atoms in total. The number of hydrogen-bond acceptors (Lipinski definition) is 3. The molecule has 0 aliphatic heterocycles. The van der Waals surface area contributed by atoms with Crippen molar-refractivity contribution in [1.29, 1.82) is 0 Å². The first kappa shape index (κ1) is 22.1. The second-order valence-electron chi connectivity index (χ2n) is 8.87. The molecule has 4 heteroatoms. The molecule has 0 unspecified atom stereocenters. The lowest BCUT2D eigenvalue weighted by Crippen LogP contribution is -2.25. The third-order valence-corrected chi connectivity index (χ3v) is 7.09. The van der Waals surface area contributed by atoms with E-state index in [2.05, 4.69) is 62.3 Å². The maximum Gasteiger partial charge on any atom is 0.331 e. The Morgan fingerprint density at radius 1 is 0.682 bits per heavy atom. The fourth-order valence-electron chi connectivity index (χ4n) is 1.51. The van der Waals surface area contributed by atoms with Gasteiger partial charge in [-0.15, -0.1) is 0 Å². The summed E-state index contributed by atoms with van der Waals surface area (Å²) in [5, 5.41) is 0. The summed E-state index contributed by atoms with van der Waals surface area (Å²) in [6.07, 6.45) is 3.42. The smallest absolute Gasteiger partial charge is 0.308 e. The molecule has 0 aromatic heterocycles. The van der Waals surface area contributed by atoms with Crippen molar-refractivity contribution < 1.29 is 13.6 Å². The van der Waals surface area contributed by atoms with Gasteiger partial charge in [0.1, 0.15) is 0 Å². The molecule has 0 atom stereocenters. The third kappa shape index (κ3) is 8.70. The lowest BCUT2D eigenvalue weighted by Gasteiger charge is -2.33. The molecule has 0 N–H and O–H groups in total. The van der Waals surface area contributed by atoms with E-state index in [0.717, 1.165) is 19.3 Å². The molecule has 0 saturated heterocycles. The van der Waals surface area contributed by atoms with E-state index in [1.165, 1.54) is 0 Å². The second-order valence-corrected chi connectivity index (χ2v) is 10.9. The molecule has 22 heavy (non-hydrogen) atoms. The van der Waals surface area contributed by atoms with Crippen molar-refractivity contribution in [3.8, 4) is 0 Å². The molecule has 0 aromatic rings. The Balaban J connectivity index is 5.02. The van der Waals surface area contributed by atoms with Crippen molar-refractivity contribution in [2.45, 2.75) is 81.6 Å². The van der Waals surface area contributed by atoms with Crippen LogP contribution in [0.25, 0.3) is 0 Å². The van der Waals surface area contributed by atoms with Gasteiger partial charge in [0.25, 0.3) is 0 Å².